The van der Waals surface area contributed by atoms with Gasteiger partial charge in [-0.15, -0.1) is 4.28 Å². The molecule has 0 atom stereocenters. The molecule has 0 bridgehead atoms. The fraction of sp³-hybridized carbons (Fsp3) is 0.550. The van der Waals surface area contributed by atoms with Gasteiger partial charge in [-0.2, -0.15) is 13.5 Å². The number of hydrogen-bond acceptors (Lipinski definition) is 8. The molecule has 1 aliphatic rings. The van der Waals surface area contributed by atoms with Crippen LogP contribution in [0, 0.1) is 11.3 Å². The van der Waals surface area contributed by atoms with Crippen LogP contribution in [-0.2, 0) is 39.8 Å². The van der Waals surface area contributed by atoms with E-state index in [1.54, 1.807) is 24.3 Å². The van der Waals surface area contributed by atoms with Crippen molar-refractivity contribution in [2.45, 2.75) is 52.2 Å². The minimum absolute atomic E-state index is 0.0236. The van der Waals surface area contributed by atoms with Gasteiger partial charge in [-0.3, -0.25) is 9.59 Å². The Kier molecular flexibility index (Phi) is 8.58. The SMILES string of the molecule is CC(C)(COS(=O)(=O)ON(C(N)=O)C1CCC(C(N)=O)CC1)C(=O)OCc1ccccc1. The number of amides is 3. The fourth-order valence-corrected chi connectivity index (χ4v) is 4.06. The lowest BCUT2D eigenvalue weighted by Gasteiger charge is -2.33. The van der Waals surface area contributed by atoms with Gasteiger partial charge >= 0.3 is 22.4 Å². The highest BCUT2D eigenvalue weighted by atomic mass is 32.3. The average molecular weight is 472 g/mol. The molecule has 0 radical (unpaired) electrons. The molecule has 2 rings (SSSR count). The van der Waals surface area contributed by atoms with E-state index in [0.717, 1.165) is 5.56 Å². The highest BCUT2D eigenvalue weighted by Gasteiger charge is 2.36. The summed E-state index contributed by atoms with van der Waals surface area (Å²) in [5, 5.41) is 0.521. The molecule has 32 heavy (non-hydrogen) atoms. The first kappa shape index (κ1) is 25.6. The van der Waals surface area contributed by atoms with Gasteiger partial charge in [0.15, 0.2) is 0 Å². The number of benzene rings is 1. The highest BCUT2D eigenvalue weighted by molar-refractivity contribution is 7.81. The third-order valence-electron chi connectivity index (χ3n) is 5.15. The van der Waals surface area contributed by atoms with Crippen LogP contribution in [0.1, 0.15) is 45.1 Å². The molecule has 3 amide bonds. The van der Waals surface area contributed by atoms with Crippen LogP contribution in [0.25, 0.3) is 0 Å². The minimum atomic E-state index is -4.71. The Morgan fingerprint density at radius 3 is 2.19 bits per heavy atom. The average Bonchev–Trinajstić information content (AvgIpc) is 2.75. The number of ether oxygens (including phenoxy) is 1. The predicted octanol–water partition coefficient (Wildman–Crippen LogP) is 1.37. The number of nitrogens with zero attached hydrogens (tertiary/aromatic N) is 1. The zero-order valence-corrected chi connectivity index (χ0v) is 18.9. The molecule has 1 saturated carbocycles. The first-order valence-corrected chi connectivity index (χ1v) is 11.4. The Morgan fingerprint density at radius 2 is 1.66 bits per heavy atom. The van der Waals surface area contributed by atoms with Crippen LogP contribution >= 0.6 is 0 Å². The largest absolute Gasteiger partial charge is 0.460 e. The van der Waals surface area contributed by atoms with Gasteiger partial charge in [0, 0.05) is 5.92 Å². The lowest BCUT2D eigenvalue weighted by atomic mass is 9.85. The maximum absolute atomic E-state index is 12.4. The van der Waals surface area contributed by atoms with Gasteiger partial charge in [0.05, 0.1) is 18.1 Å². The van der Waals surface area contributed by atoms with Crippen LogP contribution in [0.5, 0.6) is 0 Å². The monoisotopic (exact) mass is 471 g/mol. The van der Waals surface area contributed by atoms with E-state index in [2.05, 4.69) is 0 Å². The standard InChI is InChI=1S/C20H29N3O8S/c1-20(2,18(25)29-12-14-6-4-3-5-7-14)13-30-32(27,28)31-23(19(22)26)16-10-8-15(9-11-16)17(21)24/h3-7,15-16H,8-13H2,1-2H3,(H2,21,24)(H2,22,26). The van der Waals surface area contributed by atoms with E-state index in [0.29, 0.717) is 17.9 Å². The Bertz CT molecular complexity index is 912. The van der Waals surface area contributed by atoms with Crippen molar-refractivity contribution < 1.29 is 36.0 Å². The van der Waals surface area contributed by atoms with Crippen LogP contribution in [0.4, 0.5) is 4.79 Å². The number of carbonyl (C=O) groups excluding carboxylic acids is 3. The second-order valence-corrected chi connectivity index (χ2v) is 9.46. The summed E-state index contributed by atoms with van der Waals surface area (Å²) in [5.41, 5.74) is 10.0. The summed E-state index contributed by atoms with van der Waals surface area (Å²) in [4.78, 5) is 35.4. The smallest absolute Gasteiger partial charge is 0.421 e. The van der Waals surface area contributed by atoms with Gasteiger partial charge in [-0.05, 0) is 45.1 Å². The molecule has 0 heterocycles. The lowest BCUT2D eigenvalue weighted by Crippen LogP contribution is -2.47. The van der Waals surface area contributed by atoms with Crippen LogP contribution < -0.4 is 11.5 Å². The molecule has 0 unspecified atom stereocenters. The highest BCUT2D eigenvalue weighted by Crippen LogP contribution is 2.28. The molecule has 0 spiro atoms. The summed E-state index contributed by atoms with van der Waals surface area (Å²) in [5.74, 6) is -1.48. The lowest BCUT2D eigenvalue weighted by molar-refractivity contribution is -0.157. The third kappa shape index (κ3) is 7.46. The molecule has 0 aromatic heterocycles. The summed E-state index contributed by atoms with van der Waals surface area (Å²) >= 11 is 0. The molecular weight excluding hydrogens is 442 g/mol. The first-order chi connectivity index (χ1) is 14.9. The van der Waals surface area contributed by atoms with Crippen molar-refractivity contribution in [1.82, 2.24) is 5.06 Å². The molecule has 1 fully saturated rings. The number of rotatable bonds is 10. The molecular formula is C20H29N3O8S. The zero-order chi connectivity index (χ0) is 23.9. The molecule has 11 nitrogen and oxygen atoms in total. The molecule has 178 valence electrons. The summed E-state index contributed by atoms with van der Waals surface area (Å²) in [6.45, 7) is 2.35. The Balaban J connectivity index is 1.91. The number of primary amides is 2. The van der Waals surface area contributed by atoms with Crippen LogP contribution in [-0.4, -0.2) is 44.0 Å². The van der Waals surface area contributed by atoms with E-state index in [1.807, 2.05) is 6.07 Å². The molecule has 4 N–H and O–H groups in total. The number of carbonyl (C=O) groups is 3. The maximum atomic E-state index is 12.4. The van der Waals surface area contributed by atoms with Crippen LogP contribution in [0.2, 0.25) is 0 Å². The van der Waals surface area contributed by atoms with Crippen molar-refractivity contribution in [3.63, 3.8) is 0 Å². The van der Waals surface area contributed by atoms with E-state index < -0.39 is 46.4 Å². The number of nitrogens with two attached hydrogens (primary N) is 2. The van der Waals surface area contributed by atoms with E-state index in [1.165, 1.54) is 13.8 Å². The van der Waals surface area contributed by atoms with Gasteiger partial charge in [-0.25, -0.2) is 8.98 Å². The molecule has 1 aliphatic carbocycles. The molecule has 1 aromatic carbocycles. The van der Waals surface area contributed by atoms with E-state index in [9.17, 15) is 22.8 Å². The quantitative estimate of drug-likeness (QED) is 0.381. The van der Waals surface area contributed by atoms with Gasteiger partial charge in [0.25, 0.3) is 0 Å². The maximum Gasteiger partial charge on any atom is 0.421 e. The van der Waals surface area contributed by atoms with Crippen molar-refractivity contribution in [3.8, 4) is 0 Å². The summed E-state index contributed by atoms with van der Waals surface area (Å²) in [6.07, 6.45) is 1.30. The van der Waals surface area contributed by atoms with Gasteiger partial charge in [-0.1, -0.05) is 30.3 Å². The predicted molar refractivity (Wildman–Crippen MR) is 112 cm³/mol. The molecule has 1 aromatic rings. The number of hydroxylamine groups is 2. The summed E-state index contributed by atoms with van der Waals surface area (Å²) in [6, 6.07) is 7.20. The van der Waals surface area contributed by atoms with Crippen molar-refractivity contribution in [2.24, 2.45) is 22.8 Å². The van der Waals surface area contributed by atoms with Gasteiger partial charge in [0.2, 0.25) is 5.91 Å². The second-order valence-electron chi connectivity index (χ2n) is 8.26. The number of esters is 1. The molecule has 12 heteroatoms. The molecule has 0 saturated heterocycles. The minimum Gasteiger partial charge on any atom is -0.460 e. The summed E-state index contributed by atoms with van der Waals surface area (Å²) < 4.78 is 39.4. The Labute approximate surface area is 187 Å². The first-order valence-electron chi connectivity index (χ1n) is 10.1. The topological polar surface area (TPSA) is 168 Å². The van der Waals surface area contributed by atoms with Crippen LogP contribution in [0.15, 0.2) is 30.3 Å². The van der Waals surface area contributed by atoms with Crippen molar-refractivity contribution in [2.75, 3.05) is 6.61 Å². The van der Waals surface area contributed by atoms with Gasteiger partial charge in [0.1, 0.15) is 6.61 Å². The summed E-state index contributed by atoms with van der Waals surface area (Å²) in [7, 11) is -4.71. The zero-order valence-electron chi connectivity index (χ0n) is 18.1. The van der Waals surface area contributed by atoms with Crippen LogP contribution in [0.3, 0.4) is 0 Å². The van der Waals surface area contributed by atoms with E-state index in [-0.39, 0.29) is 25.4 Å². The molecule has 0 aliphatic heterocycles. The van der Waals surface area contributed by atoms with Crippen molar-refractivity contribution in [1.29, 1.82) is 0 Å². The van der Waals surface area contributed by atoms with Crippen molar-refractivity contribution >= 4 is 28.3 Å². The third-order valence-corrected chi connectivity index (χ3v) is 5.90. The Morgan fingerprint density at radius 1 is 1.06 bits per heavy atom. The second kappa shape index (κ2) is 10.7. The van der Waals surface area contributed by atoms with E-state index >= 15 is 0 Å². The van der Waals surface area contributed by atoms with Gasteiger partial charge < -0.3 is 16.2 Å². The Hall–Kier alpha value is -2.70. The van der Waals surface area contributed by atoms with E-state index in [4.69, 9.17) is 24.7 Å². The van der Waals surface area contributed by atoms with Crippen molar-refractivity contribution in [3.05, 3.63) is 35.9 Å². The number of urea groups is 1. The number of hydrogen-bond donors (Lipinski definition) is 2. The fourth-order valence-electron chi connectivity index (χ4n) is 3.19. The normalized spacial score (nSPS) is 19.2.